The van der Waals surface area contributed by atoms with Gasteiger partial charge in [-0.15, -0.1) is 0 Å². The number of hydrogen-bond donors (Lipinski definition) is 1. The predicted molar refractivity (Wildman–Crippen MR) is 106 cm³/mol. The number of benzene rings is 2. The Morgan fingerprint density at radius 3 is 2.43 bits per heavy atom. The minimum absolute atomic E-state index is 0.00449. The third-order valence-corrected chi connectivity index (χ3v) is 4.92. The zero-order chi connectivity index (χ0) is 19.8. The molecule has 1 aliphatic heterocycles. The van der Waals surface area contributed by atoms with E-state index in [1.54, 1.807) is 12.1 Å². The first-order valence-electron chi connectivity index (χ1n) is 9.53. The lowest BCUT2D eigenvalue weighted by molar-refractivity contribution is -0.130. The highest BCUT2D eigenvalue weighted by Crippen LogP contribution is 2.22. The van der Waals surface area contributed by atoms with Crippen LogP contribution in [0.15, 0.2) is 48.5 Å². The van der Waals surface area contributed by atoms with Crippen LogP contribution in [0.4, 0.5) is 0 Å². The zero-order valence-corrected chi connectivity index (χ0v) is 15.7. The van der Waals surface area contributed by atoms with Crippen molar-refractivity contribution in [3.63, 3.8) is 0 Å². The van der Waals surface area contributed by atoms with Gasteiger partial charge in [0.2, 0.25) is 0 Å². The molecule has 1 heterocycles. The molecular weight excluding hydrogens is 350 g/mol. The van der Waals surface area contributed by atoms with Crippen LogP contribution in [0.25, 0.3) is 11.1 Å². The predicted octanol–water partition coefficient (Wildman–Crippen LogP) is 3.25. The van der Waals surface area contributed by atoms with Crippen molar-refractivity contribution in [2.24, 2.45) is 5.92 Å². The van der Waals surface area contributed by atoms with Crippen LogP contribution in [0.5, 0.6) is 0 Å². The fraction of sp³-hybridized carbons (Fsp3) is 0.348. The van der Waals surface area contributed by atoms with E-state index in [-0.39, 0.29) is 18.1 Å². The molecule has 28 heavy (non-hydrogen) atoms. The van der Waals surface area contributed by atoms with Crippen LogP contribution in [0, 0.1) is 28.6 Å². The summed E-state index contributed by atoms with van der Waals surface area (Å²) < 4.78 is 5.60. The van der Waals surface area contributed by atoms with E-state index in [2.05, 4.69) is 17.5 Å². The van der Waals surface area contributed by atoms with Crippen molar-refractivity contribution in [2.45, 2.75) is 25.4 Å². The Hall–Kier alpha value is -2.99. The highest BCUT2D eigenvalue weighted by Gasteiger charge is 2.24. The molecule has 2 atom stereocenters. The Balaban J connectivity index is 1.60. The maximum Gasteiger partial charge on any atom is 0.164 e. The van der Waals surface area contributed by atoms with Gasteiger partial charge in [0.25, 0.3) is 0 Å². The summed E-state index contributed by atoms with van der Waals surface area (Å²) in [5, 5.41) is 21.6. The lowest BCUT2D eigenvalue weighted by atomic mass is 9.93. The fourth-order valence-corrected chi connectivity index (χ4v) is 3.31. The molecule has 0 amide bonds. The summed E-state index contributed by atoms with van der Waals surface area (Å²) in [5.74, 6) is -0.365. The average Bonchev–Trinajstić information content (AvgIpc) is 3.03. The normalized spacial score (nSPS) is 17.7. The lowest BCUT2D eigenvalue weighted by Gasteiger charge is -2.16. The third-order valence-electron chi connectivity index (χ3n) is 4.92. The highest BCUT2D eigenvalue weighted by molar-refractivity contribution is 5.84. The van der Waals surface area contributed by atoms with Crippen LogP contribution in [0.3, 0.4) is 0 Å². The highest BCUT2D eigenvalue weighted by atomic mass is 16.5. The molecule has 1 unspecified atom stereocenters. The number of carbonyl (C=O) groups excluding carboxylic acids is 1. The Morgan fingerprint density at radius 1 is 1.11 bits per heavy atom. The molecule has 0 aliphatic carbocycles. The smallest absolute Gasteiger partial charge is 0.164 e. The molecule has 142 valence electrons. The second-order valence-corrected chi connectivity index (χ2v) is 7.00. The summed E-state index contributed by atoms with van der Waals surface area (Å²) in [7, 11) is 0. The summed E-state index contributed by atoms with van der Waals surface area (Å²) >= 11 is 0. The molecular formula is C23H23N3O2. The number of nitrogens with zero attached hydrogens (tertiary/aromatic N) is 2. The fourth-order valence-electron chi connectivity index (χ4n) is 3.31. The van der Waals surface area contributed by atoms with Crippen molar-refractivity contribution in [1.29, 1.82) is 10.5 Å². The molecule has 0 bridgehead atoms. The van der Waals surface area contributed by atoms with Crippen molar-refractivity contribution in [3.05, 3.63) is 59.7 Å². The molecule has 0 spiro atoms. The van der Waals surface area contributed by atoms with Gasteiger partial charge in [0, 0.05) is 19.6 Å². The molecule has 1 saturated heterocycles. The van der Waals surface area contributed by atoms with Gasteiger partial charge < -0.3 is 10.1 Å². The quantitative estimate of drug-likeness (QED) is 0.840. The molecule has 0 radical (unpaired) electrons. The number of hydrogen-bond acceptors (Lipinski definition) is 5. The monoisotopic (exact) mass is 373 g/mol. The van der Waals surface area contributed by atoms with Gasteiger partial charge >= 0.3 is 0 Å². The van der Waals surface area contributed by atoms with Crippen LogP contribution < -0.4 is 5.32 Å². The standard InChI is InChI=1S/C23H23N3O2/c24-14-18-4-8-21(9-5-18)20-6-2-17(3-7-20)12-19(15-25)13-22(27)23-16-26-10-1-11-28-23/h2-9,19,23,26H,1,10-13,16H2/t19-,23?/m1/s1. The second kappa shape index (κ2) is 9.80. The van der Waals surface area contributed by atoms with Gasteiger partial charge in [-0.1, -0.05) is 36.4 Å². The van der Waals surface area contributed by atoms with Crippen molar-refractivity contribution < 1.29 is 9.53 Å². The second-order valence-electron chi connectivity index (χ2n) is 7.00. The number of carbonyl (C=O) groups is 1. The van der Waals surface area contributed by atoms with Crippen molar-refractivity contribution >= 4 is 5.78 Å². The van der Waals surface area contributed by atoms with Gasteiger partial charge in [-0.25, -0.2) is 0 Å². The van der Waals surface area contributed by atoms with Gasteiger partial charge in [-0.2, -0.15) is 10.5 Å². The maximum absolute atomic E-state index is 12.5. The minimum atomic E-state index is -0.447. The number of nitrogens with one attached hydrogen (secondary N) is 1. The first-order chi connectivity index (χ1) is 13.7. The van der Waals surface area contributed by atoms with Gasteiger partial charge in [0.1, 0.15) is 6.10 Å². The summed E-state index contributed by atoms with van der Waals surface area (Å²) in [6, 6.07) is 19.8. The molecule has 1 N–H and O–H groups in total. The molecule has 2 aromatic rings. The van der Waals surface area contributed by atoms with E-state index in [1.807, 2.05) is 36.4 Å². The van der Waals surface area contributed by atoms with Gasteiger partial charge in [-0.05, 0) is 48.2 Å². The third kappa shape index (κ3) is 5.27. The molecule has 5 heteroatoms. The SMILES string of the molecule is N#Cc1ccc(-c2ccc(C[C@@H](C#N)CC(=O)C3CNCCCO3)cc2)cc1. The molecule has 3 rings (SSSR count). The van der Waals surface area contributed by atoms with Crippen LogP contribution in [-0.4, -0.2) is 31.6 Å². The van der Waals surface area contributed by atoms with Crippen LogP contribution in [0.1, 0.15) is 24.0 Å². The van der Waals surface area contributed by atoms with E-state index in [9.17, 15) is 10.1 Å². The lowest BCUT2D eigenvalue weighted by Crippen LogP contribution is -2.34. The molecule has 1 aliphatic rings. The first-order valence-corrected chi connectivity index (χ1v) is 9.53. The molecule has 0 saturated carbocycles. The summed E-state index contributed by atoms with van der Waals surface area (Å²) in [6.45, 7) is 1.96. The van der Waals surface area contributed by atoms with Gasteiger partial charge in [-0.3, -0.25) is 4.79 Å². The molecule has 0 aromatic heterocycles. The number of nitriles is 2. The molecule has 5 nitrogen and oxygen atoms in total. The summed E-state index contributed by atoms with van der Waals surface area (Å²) in [6.07, 6.45) is 1.20. The van der Waals surface area contributed by atoms with Crippen molar-refractivity contribution in [1.82, 2.24) is 5.32 Å². The van der Waals surface area contributed by atoms with Crippen LogP contribution >= 0.6 is 0 Å². The van der Waals surface area contributed by atoms with Crippen molar-refractivity contribution in [3.8, 4) is 23.3 Å². The minimum Gasteiger partial charge on any atom is -0.369 e. The van der Waals surface area contributed by atoms with Gasteiger partial charge in [0.05, 0.1) is 23.6 Å². The van der Waals surface area contributed by atoms with Crippen LogP contribution in [-0.2, 0) is 16.0 Å². The van der Waals surface area contributed by atoms with E-state index < -0.39 is 6.10 Å². The van der Waals surface area contributed by atoms with E-state index in [4.69, 9.17) is 10.00 Å². The summed E-state index contributed by atoms with van der Waals surface area (Å²) in [5.41, 5.74) is 3.75. The number of ketones is 1. The molecule has 1 fully saturated rings. The van der Waals surface area contributed by atoms with Gasteiger partial charge in [0.15, 0.2) is 5.78 Å². The van der Waals surface area contributed by atoms with E-state index >= 15 is 0 Å². The largest absolute Gasteiger partial charge is 0.369 e. The van der Waals surface area contributed by atoms with Crippen LogP contribution in [0.2, 0.25) is 0 Å². The molecule has 2 aromatic carbocycles. The number of Topliss-reactive ketones (excluding diaryl/α,β-unsaturated/α-hetero) is 1. The maximum atomic E-state index is 12.5. The Kier molecular flexibility index (Phi) is 6.92. The number of ether oxygens (including phenoxy) is 1. The zero-order valence-electron chi connectivity index (χ0n) is 15.7. The Labute approximate surface area is 165 Å². The number of rotatable bonds is 6. The topological polar surface area (TPSA) is 85.9 Å². The van der Waals surface area contributed by atoms with E-state index in [0.29, 0.717) is 25.1 Å². The Morgan fingerprint density at radius 2 is 1.79 bits per heavy atom. The summed E-state index contributed by atoms with van der Waals surface area (Å²) in [4.78, 5) is 12.5. The first kappa shape index (κ1) is 19.8. The van der Waals surface area contributed by atoms with E-state index in [0.717, 1.165) is 29.7 Å². The van der Waals surface area contributed by atoms with E-state index in [1.165, 1.54) is 0 Å². The Bertz CT molecular complexity index is 868. The van der Waals surface area contributed by atoms with Crippen molar-refractivity contribution in [2.75, 3.05) is 19.7 Å². The average molecular weight is 373 g/mol.